The Kier molecular flexibility index (Phi) is 2.74. The summed E-state index contributed by atoms with van der Waals surface area (Å²) < 4.78 is 0. The number of carbonyl (C=O) groups is 1. The maximum Gasteiger partial charge on any atom is 0.335 e. The van der Waals surface area contributed by atoms with E-state index in [1.165, 1.54) is 0 Å². The number of H-pyrrole nitrogens is 1. The predicted octanol–water partition coefficient (Wildman–Crippen LogP) is 1.76. The van der Waals surface area contributed by atoms with Crippen molar-refractivity contribution in [1.82, 2.24) is 4.98 Å². The number of aromatic nitrogens is 1. The van der Waals surface area contributed by atoms with Crippen LogP contribution >= 0.6 is 0 Å². The average molecular weight is 216 g/mol. The fraction of sp³-hybridized carbons (Fsp3) is 0.0833. The zero-order chi connectivity index (χ0) is 11.5. The van der Waals surface area contributed by atoms with Crippen LogP contribution in [0.3, 0.4) is 0 Å². The monoisotopic (exact) mass is 216 g/mol. The lowest BCUT2D eigenvalue weighted by molar-refractivity contribution is 0.0697. The Bertz CT molecular complexity index is 491. The van der Waals surface area contributed by atoms with E-state index in [1.807, 2.05) is 18.2 Å². The fourth-order valence-electron chi connectivity index (χ4n) is 1.58. The summed E-state index contributed by atoms with van der Waals surface area (Å²) in [4.78, 5) is 13.8. The molecule has 1 aromatic carbocycles. The fourth-order valence-corrected chi connectivity index (χ4v) is 1.58. The van der Waals surface area contributed by atoms with Crippen molar-refractivity contribution in [1.29, 1.82) is 0 Å². The van der Waals surface area contributed by atoms with Crippen molar-refractivity contribution in [3.8, 4) is 0 Å². The summed E-state index contributed by atoms with van der Waals surface area (Å²) in [6, 6.07) is 10.1. The van der Waals surface area contributed by atoms with E-state index < -0.39 is 5.97 Å². The lowest BCUT2D eigenvalue weighted by Crippen LogP contribution is -2.13. The van der Waals surface area contributed by atoms with E-state index >= 15 is 0 Å². The van der Waals surface area contributed by atoms with Gasteiger partial charge in [-0.05, 0) is 29.8 Å². The highest BCUT2D eigenvalue weighted by Crippen LogP contribution is 2.18. The van der Waals surface area contributed by atoms with E-state index in [0.29, 0.717) is 0 Å². The highest BCUT2D eigenvalue weighted by molar-refractivity contribution is 5.87. The molecular weight excluding hydrogens is 204 g/mol. The molecule has 2 aromatic rings. The van der Waals surface area contributed by atoms with Crippen molar-refractivity contribution >= 4 is 5.97 Å². The second kappa shape index (κ2) is 4.20. The molecule has 0 fully saturated rings. The molecule has 1 heterocycles. The summed E-state index contributed by atoms with van der Waals surface area (Å²) in [7, 11) is 0. The van der Waals surface area contributed by atoms with Crippen LogP contribution in [0, 0.1) is 0 Å². The van der Waals surface area contributed by atoms with Gasteiger partial charge in [-0.3, -0.25) is 0 Å². The second-order valence-electron chi connectivity index (χ2n) is 3.53. The van der Waals surface area contributed by atoms with Gasteiger partial charge in [-0.25, -0.2) is 4.79 Å². The molecule has 1 unspecified atom stereocenters. The standard InChI is InChI=1S/C12H12N2O2/c13-11(10-5-2-6-14-10)8-3-1-4-9(7-8)12(15)16/h1-7,11,14H,13H2,(H,15,16). The molecule has 1 atom stereocenters. The highest BCUT2D eigenvalue weighted by atomic mass is 16.4. The molecule has 0 aliphatic carbocycles. The maximum atomic E-state index is 10.8. The number of hydrogen-bond acceptors (Lipinski definition) is 2. The van der Waals surface area contributed by atoms with Crippen LogP contribution in [0.1, 0.15) is 27.7 Å². The Labute approximate surface area is 92.7 Å². The molecule has 1 aromatic heterocycles. The number of nitrogens with one attached hydrogen (secondary N) is 1. The highest BCUT2D eigenvalue weighted by Gasteiger charge is 2.11. The summed E-state index contributed by atoms with van der Waals surface area (Å²) in [5.74, 6) is -0.944. The Morgan fingerprint density at radius 1 is 1.31 bits per heavy atom. The molecule has 0 aliphatic heterocycles. The van der Waals surface area contributed by atoms with Gasteiger partial charge >= 0.3 is 5.97 Å². The molecule has 16 heavy (non-hydrogen) atoms. The summed E-state index contributed by atoms with van der Waals surface area (Å²) >= 11 is 0. The lowest BCUT2D eigenvalue weighted by Gasteiger charge is -2.10. The van der Waals surface area contributed by atoms with Gasteiger partial charge in [-0.1, -0.05) is 12.1 Å². The van der Waals surface area contributed by atoms with Crippen molar-refractivity contribution in [2.24, 2.45) is 5.73 Å². The van der Waals surface area contributed by atoms with Crippen LogP contribution in [0.25, 0.3) is 0 Å². The SMILES string of the molecule is NC(c1cccc(C(=O)O)c1)c1ccc[nH]1. The van der Waals surface area contributed by atoms with Crippen LogP contribution in [-0.2, 0) is 0 Å². The first kappa shape index (κ1) is 10.4. The molecule has 0 saturated carbocycles. The van der Waals surface area contributed by atoms with E-state index in [-0.39, 0.29) is 11.6 Å². The van der Waals surface area contributed by atoms with Crippen molar-refractivity contribution in [2.75, 3.05) is 0 Å². The Morgan fingerprint density at radius 2 is 2.12 bits per heavy atom. The topological polar surface area (TPSA) is 79.1 Å². The van der Waals surface area contributed by atoms with Crippen molar-refractivity contribution in [2.45, 2.75) is 6.04 Å². The van der Waals surface area contributed by atoms with Crippen LogP contribution in [-0.4, -0.2) is 16.1 Å². The Morgan fingerprint density at radius 3 is 2.75 bits per heavy atom. The zero-order valence-corrected chi connectivity index (χ0v) is 8.55. The Balaban J connectivity index is 2.34. The molecule has 0 radical (unpaired) electrons. The number of aromatic carboxylic acids is 1. The van der Waals surface area contributed by atoms with Gasteiger partial charge in [-0.2, -0.15) is 0 Å². The van der Waals surface area contributed by atoms with E-state index in [0.717, 1.165) is 11.3 Å². The number of carboxylic acids is 1. The second-order valence-corrected chi connectivity index (χ2v) is 3.53. The number of benzene rings is 1. The van der Waals surface area contributed by atoms with Gasteiger partial charge in [0.15, 0.2) is 0 Å². The zero-order valence-electron chi connectivity index (χ0n) is 8.55. The molecule has 82 valence electrons. The maximum absolute atomic E-state index is 10.8. The number of nitrogens with two attached hydrogens (primary N) is 1. The molecule has 0 amide bonds. The molecule has 0 saturated heterocycles. The van der Waals surface area contributed by atoms with Crippen LogP contribution in [0.15, 0.2) is 42.6 Å². The molecule has 0 aliphatic rings. The summed E-state index contributed by atoms with van der Waals surface area (Å²) in [6.07, 6.45) is 1.79. The van der Waals surface area contributed by atoms with Gasteiger partial charge in [0.25, 0.3) is 0 Å². The Hall–Kier alpha value is -2.07. The summed E-state index contributed by atoms with van der Waals surface area (Å²) in [5, 5.41) is 8.87. The third-order valence-corrected chi connectivity index (χ3v) is 2.45. The van der Waals surface area contributed by atoms with Gasteiger partial charge < -0.3 is 15.8 Å². The number of rotatable bonds is 3. The summed E-state index contributed by atoms with van der Waals surface area (Å²) in [5.41, 5.74) is 7.90. The van der Waals surface area contributed by atoms with Crippen LogP contribution in [0.5, 0.6) is 0 Å². The van der Waals surface area contributed by atoms with E-state index in [1.54, 1.807) is 24.4 Å². The van der Waals surface area contributed by atoms with Crippen molar-refractivity contribution in [3.63, 3.8) is 0 Å². The summed E-state index contributed by atoms with van der Waals surface area (Å²) in [6.45, 7) is 0. The first-order valence-corrected chi connectivity index (χ1v) is 4.90. The van der Waals surface area contributed by atoms with Crippen LogP contribution < -0.4 is 5.73 Å². The predicted molar refractivity (Wildman–Crippen MR) is 60.2 cm³/mol. The van der Waals surface area contributed by atoms with Gasteiger partial charge in [0.2, 0.25) is 0 Å². The molecule has 4 N–H and O–H groups in total. The minimum absolute atomic E-state index is 0.250. The minimum Gasteiger partial charge on any atom is -0.478 e. The molecule has 0 spiro atoms. The minimum atomic E-state index is -0.944. The van der Waals surface area contributed by atoms with E-state index in [9.17, 15) is 4.79 Å². The number of carboxylic acid groups (broad SMARTS) is 1. The van der Waals surface area contributed by atoms with Crippen LogP contribution in [0.2, 0.25) is 0 Å². The molecule has 4 nitrogen and oxygen atoms in total. The van der Waals surface area contributed by atoms with E-state index in [4.69, 9.17) is 10.8 Å². The third-order valence-electron chi connectivity index (χ3n) is 2.45. The number of hydrogen-bond donors (Lipinski definition) is 3. The molecule has 4 heteroatoms. The van der Waals surface area contributed by atoms with Gasteiger partial charge in [-0.15, -0.1) is 0 Å². The normalized spacial score (nSPS) is 12.3. The lowest BCUT2D eigenvalue weighted by atomic mass is 10.0. The average Bonchev–Trinajstić information content (AvgIpc) is 2.81. The first-order chi connectivity index (χ1) is 7.68. The van der Waals surface area contributed by atoms with Crippen molar-refractivity contribution < 1.29 is 9.90 Å². The quantitative estimate of drug-likeness (QED) is 0.731. The largest absolute Gasteiger partial charge is 0.478 e. The van der Waals surface area contributed by atoms with Gasteiger partial charge in [0.1, 0.15) is 0 Å². The molecular formula is C12H12N2O2. The molecule has 0 bridgehead atoms. The molecule has 2 rings (SSSR count). The van der Waals surface area contributed by atoms with Crippen LogP contribution in [0.4, 0.5) is 0 Å². The van der Waals surface area contributed by atoms with Gasteiger partial charge in [0, 0.05) is 11.9 Å². The number of aromatic amines is 1. The van der Waals surface area contributed by atoms with Gasteiger partial charge in [0.05, 0.1) is 11.6 Å². The smallest absolute Gasteiger partial charge is 0.335 e. The third kappa shape index (κ3) is 1.97. The first-order valence-electron chi connectivity index (χ1n) is 4.90. The van der Waals surface area contributed by atoms with E-state index in [2.05, 4.69) is 4.98 Å². The van der Waals surface area contributed by atoms with Crippen molar-refractivity contribution in [3.05, 3.63) is 59.4 Å².